The molecule has 3 aromatic carbocycles. The van der Waals surface area contributed by atoms with Gasteiger partial charge in [0.2, 0.25) is 12.5 Å². The summed E-state index contributed by atoms with van der Waals surface area (Å²) in [6.45, 7) is -0.0148. The number of imide groups is 1. The standard InChI is InChI=1S/C25H16ClN3O10S/c1-36-20-6-13(2-4-19(20)39-18-5-3-15(28(32)33)9-17(18)29(34)35)7-23-24(30)27(25(31)40-23)11-14-8-21-22(10-16(14)26)38-12-37-21/h2-10H,11-12H2,1H3/b23-7-. The van der Waals surface area contributed by atoms with Gasteiger partial charge >= 0.3 is 5.69 Å². The SMILES string of the molecule is COc1cc(/C=C2\SC(=O)N(Cc3cc4c(cc3Cl)OCO4)C2=O)ccc1Oc1ccc([N+](=O)[O-])cc1[N+](=O)[O-]. The fourth-order valence-electron chi connectivity index (χ4n) is 3.86. The van der Waals surface area contributed by atoms with Crippen LogP contribution in [0.4, 0.5) is 16.2 Å². The van der Waals surface area contributed by atoms with E-state index in [4.69, 9.17) is 30.5 Å². The number of fused-ring (bicyclic) bond motifs is 1. The molecule has 15 heteroatoms. The summed E-state index contributed by atoms with van der Waals surface area (Å²) < 4.78 is 21.6. The third-order valence-electron chi connectivity index (χ3n) is 5.80. The van der Waals surface area contributed by atoms with Gasteiger partial charge in [0.15, 0.2) is 23.0 Å². The fraction of sp³-hybridized carbons (Fsp3) is 0.120. The highest BCUT2D eigenvalue weighted by molar-refractivity contribution is 8.18. The van der Waals surface area contributed by atoms with Gasteiger partial charge in [0.25, 0.3) is 16.8 Å². The topological polar surface area (TPSA) is 161 Å². The van der Waals surface area contributed by atoms with Crippen LogP contribution in [0.2, 0.25) is 5.02 Å². The van der Waals surface area contributed by atoms with Crippen molar-refractivity contribution in [1.29, 1.82) is 0 Å². The Hall–Kier alpha value is -4.82. The molecule has 0 unspecified atom stereocenters. The Balaban J connectivity index is 1.37. The number of carbonyl (C=O) groups is 2. The van der Waals surface area contributed by atoms with Gasteiger partial charge in [-0.25, -0.2) is 0 Å². The van der Waals surface area contributed by atoms with Crippen molar-refractivity contribution in [2.24, 2.45) is 0 Å². The Bertz CT molecular complexity index is 1630. The number of nitro benzene ring substituents is 2. The number of thioether (sulfide) groups is 1. The Morgan fingerprint density at radius 3 is 2.42 bits per heavy atom. The molecule has 2 aliphatic rings. The van der Waals surface area contributed by atoms with Crippen LogP contribution in [-0.2, 0) is 11.3 Å². The van der Waals surface area contributed by atoms with Crippen molar-refractivity contribution in [2.75, 3.05) is 13.9 Å². The van der Waals surface area contributed by atoms with Gasteiger partial charge in [-0.1, -0.05) is 17.7 Å². The highest BCUT2D eigenvalue weighted by Crippen LogP contribution is 2.41. The van der Waals surface area contributed by atoms with Crippen molar-refractivity contribution >= 4 is 52.0 Å². The highest BCUT2D eigenvalue weighted by Gasteiger charge is 2.36. The number of hydrogen-bond donors (Lipinski definition) is 0. The largest absolute Gasteiger partial charge is 0.493 e. The second-order valence-electron chi connectivity index (χ2n) is 8.24. The molecule has 2 heterocycles. The Morgan fingerprint density at radius 2 is 1.73 bits per heavy atom. The summed E-state index contributed by atoms with van der Waals surface area (Å²) in [5, 5.41) is 22.3. The molecule has 0 radical (unpaired) electrons. The van der Waals surface area contributed by atoms with E-state index >= 15 is 0 Å². The van der Waals surface area contributed by atoms with Gasteiger partial charge in [-0.15, -0.1) is 0 Å². The van der Waals surface area contributed by atoms with Crippen LogP contribution in [0.5, 0.6) is 28.7 Å². The van der Waals surface area contributed by atoms with Gasteiger partial charge in [-0.05, 0) is 53.2 Å². The average molecular weight is 586 g/mol. The molecule has 1 saturated heterocycles. The molecule has 0 bridgehead atoms. The fourth-order valence-corrected chi connectivity index (χ4v) is 4.92. The minimum atomic E-state index is -0.796. The maximum Gasteiger partial charge on any atom is 0.318 e. The lowest BCUT2D eigenvalue weighted by molar-refractivity contribution is -0.394. The molecule has 0 saturated carbocycles. The summed E-state index contributed by atoms with van der Waals surface area (Å²) in [6.07, 6.45) is 1.49. The van der Waals surface area contributed by atoms with Crippen LogP contribution in [0.15, 0.2) is 53.4 Å². The molecular weight excluding hydrogens is 570 g/mol. The van der Waals surface area contributed by atoms with Crippen molar-refractivity contribution < 1.29 is 38.4 Å². The maximum absolute atomic E-state index is 13.1. The molecule has 0 N–H and O–H groups in total. The molecule has 0 spiro atoms. The number of methoxy groups -OCH3 is 1. The van der Waals surface area contributed by atoms with Gasteiger partial charge in [0.05, 0.1) is 34.5 Å². The van der Waals surface area contributed by atoms with E-state index in [1.54, 1.807) is 18.2 Å². The third-order valence-corrected chi connectivity index (χ3v) is 7.06. The third kappa shape index (κ3) is 5.21. The summed E-state index contributed by atoms with van der Waals surface area (Å²) in [5.41, 5.74) is -0.0698. The van der Waals surface area contributed by atoms with Crippen molar-refractivity contribution in [2.45, 2.75) is 6.54 Å². The first kappa shape index (κ1) is 26.8. The molecule has 13 nitrogen and oxygen atoms in total. The van der Waals surface area contributed by atoms with Crippen LogP contribution in [-0.4, -0.2) is 39.8 Å². The number of nitro groups is 2. The maximum atomic E-state index is 13.1. The van der Waals surface area contributed by atoms with Gasteiger partial charge in [-0.2, -0.15) is 0 Å². The van der Waals surface area contributed by atoms with E-state index in [-0.39, 0.29) is 35.5 Å². The second kappa shape index (κ2) is 10.7. The van der Waals surface area contributed by atoms with Gasteiger partial charge in [0, 0.05) is 17.2 Å². The molecule has 0 aromatic heterocycles. The first-order chi connectivity index (χ1) is 19.1. The van der Waals surface area contributed by atoms with E-state index < -0.39 is 32.4 Å². The predicted octanol–water partition coefficient (Wildman–Crippen LogP) is 5.92. The van der Waals surface area contributed by atoms with E-state index in [0.29, 0.717) is 27.6 Å². The Kier molecular flexibility index (Phi) is 7.19. The van der Waals surface area contributed by atoms with E-state index in [2.05, 4.69) is 0 Å². The first-order valence-corrected chi connectivity index (χ1v) is 12.5. The predicted molar refractivity (Wildman–Crippen MR) is 142 cm³/mol. The highest BCUT2D eigenvalue weighted by atomic mass is 35.5. The van der Waals surface area contributed by atoms with Crippen molar-refractivity contribution in [3.8, 4) is 28.7 Å². The minimum absolute atomic E-state index is 0.0531. The molecule has 2 aliphatic heterocycles. The lowest BCUT2D eigenvalue weighted by atomic mass is 10.1. The van der Waals surface area contributed by atoms with Crippen LogP contribution >= 0.6 is 23.4 Å². The average Bonchev–Trinajstić information content (AvgIpc) is 3.48. The molecule has 5 rings (SSSR count). The summed E-state index contributed by atoms with van der Waals surface area (Å²) in [5.74, 6) is 0.437. The summed E-state index contributed by atoms with van der Waals surface area (Å²) >= 11 is 7.06. The van der Waals surface area contributed by atoms with E-state index in [1.807, 2.05) is 0 Å². The Morgan fingerprint density at radius 1 is 1.00 bits per heavy atom. The number of amides is 2. The van der Waals surface area contributed by atoms with Crippen LogP contribution in [0.1, 0.15) is 11.1 Å². The number of benzene rings is 3. The number of nitrogens with zero attached hydrogens (tertiary/aromatic N) is 3. The van der Waals surface area contributed by atoms with Crippen LogP contribution in [0, 0.1) is 20.2 Å². The van der Waals surface area contributed by atoms with E-state index in [1.165, 1.54) is 25.3 Å². The van der Waals surface area contributed by atoms with Crippen LogP contribution < -0.4 is 18.9 Å². The Labute approximate surface area is 234 Å². The normalized spacial score (nSPS) is 15.1. The van der Waals surface area contributed by atoms with Gasteiger partial charge < -0.3 is 18.9 Å². The van der Waals surface area contributed by atoms with Crippen molar-refractivity contribution in [1.82, 2.24) is 4.90 Å². The number of carbonyl (C=O) groups excluding carboxylic acids is 2. The number of hydrogen-bond acceptors (Lipinski definition) is 11. The van der Waals surface area contributed by atoms with Gasteiger partial charge in [-0.3, -0.25) is 34.7 Å². The number of non-ortho nitro benzene ring substituents is 1. The minimum Gasteiger partial charge on any atom is -0.493 e. The van der Waals surface area contributed by atoms with Crippen LogP contribution in [0.3, 0.4) is 0 Å². The molecule has 40 heavy (non-hydrogen) atoms. The first-order valence-electron chi connectivity index (χ1n) is 11.3. The lowest BCUT2D eigenvalue weighted by Crippen LogP contribution is -2.27. The van der Waals surface area contributed by atoms with Crippen molar-refractivity contribution in [3.05, 3.63) is 89.8 Å². The summed E-state index contributed by atoms with van der Waals surface area (Å²) in [6, 6.07) is 10.7. The summed E-state index contributed by atoms with van der Waals surface area (Å²) in [7, 11) is 1.35. The molecule has 1 fully saturated rings. The lowest BCUT2D eigenvalue weighted by Gasteiger charge is -2.14. The molecule has 3 aromatic rings. The summed E-state index contributed by atoms with van der Waals surface area (Å²) in [4.78, 5) is 47.8. The van der Waals surface area contributed by atoms with Crippen LogP contribution in [0.25, 0.3) is 6.08 Å². The number of ether oxygens (including phenoxy) is 4. The van der Waals surface area contributed by atoms with E-state index in [9.17, 15) is 29.8 Å². The van der Waals surface area contributed by atoms with Gasteiger partial charge in [0.1, 0.15) is 0 Å². The molecule has 0 atom stereocenters. The molecule has 0 aliphatic carbocycles. The molecule has 204 valence electrons. The molecule has 2 amide bonds. The zero-order chi connectivity index (χ0) is 28.6. The smallest absolute Gasteiger partial charge is 0.318 e. The zero-order valence-corrected chi connectivity index (χ0v) is 21.9. The zero-order valence-electron chi connectivity index (χ0n) is 20.3. The van der Waals surface area contributed by atoms with E-state index in [0.717, 1.165) is 34.9 Å². The monoisotopic (exact) mass is 585 g/mol. The van der Waals surface area contributed by atoms with Crippen molar-refractivity contribution in [3.63, 3.8) is 0 Å². The number of rotatable bonds is 8. The quantitative estimate of drug-likeness (QED) is 0.175. The molecular formula is C25H16ClN3O10S. The number of halogens is 1. The second-order valence-corrected chi connectivity index (χ2v) is 9.64.